The Morgan fingerprint density at radius 1 is 0.448 bits per heavy atom. The molecule has 0 heterocycles. The lowest BCUT2D eigenvalue weighted by atomic mass is 10.0. The number of nitrogens with one attached hydrogen (secondary N) is 1. The van der Waals surface area contributed by atoms with E-state index in [-0.39, 0.29) is 6.23 Å². The molecule has 0 aliphatic heterocycles. The van der Waals surface area contributed by atoms with Crippen LogP contribution in [0, 0.1) is 0 Å². The van der Waals surface area contributed by atoms with E-state index >= 15 is 0 Å². The normalized spacial score (nSPS) is 12.5. The van der Waals surface area contributed by atoms with Crippen LogP contribution in [0.25, 0.3) is 0 Å². The quantitative estimate of drug-likeness (QED) is 0.116. The SMILES string of the molecule is CCCCCCCCCCCCCCCCCCCCCCCCCNC(C)O. The minimum Gasteiger partial charge on any atom is -0.379 e. The van der Waals surface area contributed by atoms with E-state index in [2.05, 4.69) is 12.2 Å². The molecule has 176 valence electrons. The van der Waals surface area contributed by atoms with Gasteiger partial charge in [-0.2, -0.15) is 0 Å². The van der Waals surface area contributed by atoms with Crippen molar-refractivity contribution in [2.24, 2.45) is 0 Å². The molecule has 0 spiro atoms. The van der Waals surface area contributed by atoms with Gasteiger partial charge < -0.3 is 5.11 Å². The zero-order valence-corrected chi connectivity index (χ0v) is 20.5. The lowest BCUT2D eigenvalue weighted by Gasteiger charge is -2.06. The maximum Gasteiger partial charge on any atom is 0.102 e. The van der Waals surface area contributed by atoms with E-state index in [9.17, 15) is 0 Å². The Kier molecular flexibility index (Phi) is 25.9. The third-order valence-electron chi connectivity index (χ3n) is 6.22. The minimum absolute atomic E-state index is 0.352. The van der Waals surface area contributed by atoms with Crippen LogP contribution < -0.4 is 5.32 Å². The van der Waals surface area contributed by atoms with Crippen molar-refractivity contribution in [3.05, 3.63) is 0 Å². The van der Waals surface area contributed by atoms with Crippen molar-refractivity contribution < 1.29 is 5.11 Å². The number of aliphatic hydroxyl groups is 1. The van der Waals surface area contributed by atoms with Gasteiger partial charge in [0.1, 0.15) is 6.23 Å². The number of hydrogen-bond acceptors (Lipinski definition) is 2. The van der Waals surface area contributed by atoms with Crippen molar-refractivity contribution in [1.82, 2.24) is 5.32 Å². The van der Waals surface area contributed by atoms with Crippen molar-refractivity contribution in [3.8, 4) is 0 Å². The maximum absolute atomic E-state index is 9.12. The van der Waals surface area contributed by atoms with E-state index < -0.39 is 0 Å². The molecular weight excluding hydrogens is 354 g/mol. The number of rotatable bonds is 25. The highest BCUT2D eigenvalue weighted by Gasteiger charge is 1.96. The molecule has 0 aromatic carbocycles. The first-order chi connectivity index (χ1) is 14.3. The molecule has 0 amide bonds. The molecule has 0 fully saturated rings. The minimum atomic E-state index is -0.352. The van der Waals surface area contributed by atoms with Crippen LogP contribution in [0.1, 0.15) is 162 Å². The highest BCUT2D eigenvalue weighted by Crippen LogP contribution is 2.15. The van der Waals surface area contributed by atoms with Gasteiger partial charge >= 0.3 is 0 Å². The summed E-state index contributed by atoms with van der Waals surface area (Å²) in [6.07, 6.45) is 32.6. The van der Waals surface area contributed by atoms with Crippen LogP contribution in [0.2, 0.25) is 0 Å². The molecule has 2 heteroatoms. The number of unbranched alkanes of at least 4 members (excludes halogenated alkanes) is 22. The van der Waals surface area contributed by atoms with Crippen LogP contribution in [0.15, 0.2) is 0 Å². The predicted molar refractivity (Wildman–Crippen MR) is 132 cm³/mol. The molecule has 0 bridgehead atoms. The zero-order chi connectivity index (χ0) is 21.3. The highest BCUT2D eigenvalue weighted by molar-refractivity contribution is 4.52. The van der Waals surface area contributed by atoms with Crippen LogP contribution in [0.5, 0.6) is 0 Å². The van der Waals surface area contributed by atoms with Gasteiger partial charge in [-0.05, 0) is 19.9 Å². The van der Waals surface area contributed by atoms with E-state index in [1.54, 1.807) is 6.92 Å². The summed E-state index contributed by atoms with van der Waals surface area (Å²) in [6.45, 7) is 5.04. The van der Waals surface area contributed by atoms with E-state index in [0.717, 1.165) is 6.54 Å². The standard InChI is InChI=1S/C27H57NO/c1-3-4-5-6-7-8-9-10-11-12-13-14-15-16-17-18-19-20-21-22-23-24-25-26-28-27(2)29/h27-29H,3-26H2,1-2H3. The fraction of sp³-hybridized carbons (Fsp3) is 1.00. The van der Waals surface area contributed by atoms with Gasteiger partial charge in [-0.3, -0.25) is 5.32 Å². The van der Waals surface area contributed by atoms with E-state index in [4.69, 9.17) is 5.11 Å². The summed E-state index contributed by atoms with van der Waals surface area (Å²) < 4.78 is 0. The van der Waals surface area contributed by atoms with Gasteiger partial charge in [0.25, 0.3) is 0 Å². The summed E-state index contributed by atoms with van der Waals surface area (Å²) in [6, 6.07) is 0. The van der Waals surface area contributed by atoms with Crippen molar-refractivity contribution in [2.45, 2.75) is 168 Å². The van der Waals surface area contributed by atoms with E-state index in [0.29, 0.717) is 0 Å². The van der Waals surface area contributed by atoms with Crippen LogP contribution in [0.3, 0.4) is 0 Å². The lowest BCUT2D eigenvalue weighted by Crippen LogP contribution is -2.26. The Hall–Kier alpha value is -0.0800. The third-order valence-corrected chi connectivity index (χ3v) is 6.22. The molecule has 0 aliphatic carbocycles. The van der Waals surface area contributed by atoms with Gasteiger partial charge in [0, 0.05) is 0 Å². The molecule has 0 aliphatic rings. The van der Waals surface area contributed by atoms with Crippen LogP contribution in [-0.4, -0.2) is 17.9 Å². The fourth-order valence-corrected chi connectivity index (χ4v) is 4.22. The molecule has 0 radical (unpaired) electrons. The monoisotopic (exact) mass is 411 g/mol. The Labute approximate surface area is 185 Å². The van der Waals surface area contributed by atoms with Gasteiger partial charge in [0.05, 0.1) is 0 Å². The Morgan fingerprint density at radius 2 is 0.690 bits per heavy atom. The number of aliphatic hydroxyl groups excluding tert-OH is 1. The zero-order valence-electron chi connectivity index (χ0n) is 20.5. The summed E-state index contributed by atoms with van der Waals surface area (Å²) in [7, 11) is 0. The molecule has 0 saturated carbocycles. The Balaban J connectivity index is 2.98. The topological polar surface area (TPSA) is 32.3 Å². The van der Waals surface area contributed by atoms with Gasteiger partial charge in [0.15, 0.2) is 0 Å². The average Bonchev–Trinajstić information content (AvgIpc) is 2.71. The van der Waals surface area contributed by atoms with Gasteiger partial charge in [-0.1, -0.05) is 148 Å². The molecule has 0 rings (SSSR count). The molecule has 0 aromatic rings. The Bertz CT molecular complexity index is 280. The highest BCUT2D eigenvalue weighted by atomic mass is 16.3. The summed E-state index contributed by atoms with van der Waals surface area (Å²) in [5.74, 6) is 0. The summed E-state index contributed by atoms with van der Waals surface area (Å²) in [4.78, 5) is 0. The molecule has 0 aromatic heterocycles. The largest absolute Gasteiger partial charge is 0.379 e. The molecule has 29 heavy (non-hydrogen) atoms. The van der Waals surface area contributed by atoms with Crippen molar-refractivity contribution >= 4 is 0 Å². The first-order valence-corrected chi connectivity index (χ1v) is 13.7. The first kappa shape index (κ1) is 28.9. The summed E-state index contributed by atoms with van der Waals surface area (Å²) in [5, 5.41) is 12.2. The molecule has 1 atom stereocenters. The van der Waals surface area contributed by atoms with Crippen LogP contribution in [-0.2, 0) is 0 Å². The van der Waals surface area contributed by atoms with Crippen molar-refractivity contribution in [1.29, 1.82) is 0 Å². The van der Waals surface area contributed by atoms with Gasteiger partial charge in [0.2, 0.25) is 0 Å². The summed E-state index contributed by atoms with van der Waals surface area (Å²) >= 11 is 0. The second-order valence-corrected chi connectivity index (χ2v) is 9.41. The lowest BCUT2D eigenvalue weighted by molar-refractivity contribution is 0.156. The first-order valence-electron chi connectivity index (χ1n) is 13.7. The molecule has 2 nitrogen and oxygen atoms in total. The fourth-order valence-electron chi connectivity index (χ4n) is 4.22. The van der Waals surface area contributed by atoms with Gasteiger partial charge in [-0.25, -0.2) is 0 Å². The van der Waals surface area contributed by atoms with E-state index in [1.165, 1.54) is 148 Å². The smallest absolute Gasteiger partial charge is 0.102 e. The van der Waals surface area contributed by atoms with E-state index in [1.807, 2.05) is 0 Å². The molecule has 1 unspecified atom stereocenters. The van der Waals surface area contributed by atoms with Gasteiger partial charge in [-0.15, -0.1) is 0 Å². The molecular formula is C27H57NO. The predicted octanol–water partition coefficient (Wildman–Crippen LogP) is 8.91. The average molecular weight is 412 g/mol. The van der Waals surface area contributed by atoms with Crippen LogP contribution >= 0.6 is 0 Å². The second kappa shape index (κ2) is 26.0. The number of hydrogen-bond donors (Lipinski definition) is 2. The van der Waals surface area contributed by atoms with Crippen molar-refractivity contribution in [2.75, 3.05) is 6.54 Å². The Morgan fingerprint density at radius 3 is 0.931 bits per heavy atom. The van der Waals surface area contributed by atoms with Crippen LogP contribution in [0.4, 0.5) is 0 Å². The molecule has 0 saturated heterocycles. The van der Waals surface area contributed by atoms with Crippen molar-refractivity contribution in [3.63, 3.8) is 0 Å². The third kappa shape index (κ3) is 27.9. The molecule has 2 N–H and O–H groups in total. The summed E-state index contributed by atoms with van der Waals surface area (Å²) in [5.41, 5.74) is 0. The maximum atomic E-state index is 9.12. The second-order valence-electron chi connectivity index (χ2n) is 9.41.